The molecule has 0 aliphatic carbocycles. The van der Waals surface area contributed by atoms with Gasteiger partial charge in [0.25, 0.3) is 0 Å². The highest BCUT2D eigenvalue weighted by Crippen LogP contribution is 2.26. The summed E-state index contributed by atoms with van der Waals surface area (Å²) >= 11 is 1.37. The van der Waals surface area contributed by atoms with Crippen LogP contribution in [0.3, 0.4) is 0 Å². The molecule has 4 aromatic rings. The van der Waals surface area contributed by atoms with Crippen LogP contribution in [0.25, 0.3) is 16.7 Å². The topological polar surface area (TPSA) is 73.0 Å². The third-order valence-electron chi connectivity index (χ3n) is 4.98. The monoisotopic (exact) mass is 420 g/mol. The maximum absolute atomic E-state index is 12.6. The van der Waals surface area contributed by atoms with Crippen LogP contribution in [0.15, 0.2) is 58.1 Å². The Morgan fingerprint density at radius 3 is 2.73 bits per heavy atom. The van der Waals surface area contributed by atoms with Crippen LogP contribution in [0.5, 0.6) is 0 Å². The number of carbonyl (C=O) groups excluding carboxylic acids is 1. The summed E-state index contributed by atoms with van der Waals surface area (Å²) < 4.78 is 7.85. The first-order chi connectivity index (χ1) is 14.4. The van der Waals surface area contributed by atoms with Crippen molar-refractivity contribution < 1.29 is 9.21 Å². The highest BCUT2D eigenvalue weighted by Gasteiger charge is 2.17. The van der Waals surface area contributed by atoms with Gasteiger partial charge in [0.05, 0.1) is 17.5 Å². The molecule has 0 saturated heterocycles. The number of benzene rings is 2. The maximum Gasteiger partial charge on any atom is 0.231 e. The van der Waals surface area contributed by atoms with Gasteiger partial charge in [-0.2, -0.15) is 0 Å². The van der Waals surface area contributed by atoms with Crippen molar-refractivity contribution >= 4 is 28.6 Å². The van der Waals surface area contributed by atoms with E-state index in [1.807, 2.05) is 48.7 Å². The van der Waals surface area contributed by atoms with Crippen LogP contribution < -0.4 is 5.32 Å². The number of furan rings is 1. The third-order valence-corrected chi connectivity index (χ3v) is 5.91. The van der Waals surface area contributed by atoms with E-state index < -0.39 is 0 Å². The zero-order valence-electron chi connectivity index (χ0n) is 17.5. The maximum atomic E-state index is 12.6. The van der Waals surface area contributed by atoms with Crippen LogP contribution in [-0.4, -0.2) is 26.4 Å². The van der Waals surface area contributed by atoms with E-state index in [9.17, 15) is 4.79 Å². The minimum atomic E-state index is -0.218. The van der Waals surface area contributed by atoms with Gasteiger partial charge in [0.15, 0.2) is 5.16 Å². The summed E-state index contributed by atoms with van der Waals surface area (Å²) in [6, 6.07) is 15.8. The lowest BCUT2D eigenvalue weighted by Crippen LogP contribution is -2.28. The Hall–Kier alpha value is -3.06. The van der Waals surface area contributed by atoms with Gasteiger partial charge in [-0.15, -0.1) is 10.2 Å². The highest BCUT2D eigenvalue weighted by molar-refractivity contribution is 7.99. The number of carbonyl (C=O) groups is 1. The first kappa shape index (κ1) is 20.2. The molecule has 7 heteroatoms. The Balaban J connectivity index is 1.45. The Kier molecular flexibility index (Phi) is 5.63. The van der Waals surface area contributed by atoms with Crippen molar-refractivity contribution in [3.8, 4) is 5.69 Å². The Labute approximate surface area is 179 Å². The summed E-state index contributed by atoms with van der Waals surface area (Å²) in [6.45, 7) is 7.96. The molecule has 1 atom stereocenters. The third kappa shape index (κ3) is 4.11. The molecule has 0 bridgehead atoms. The van der Waals surface area contributed by atoms with Crippen molar-refractivity contribution in [1.29, 1.82) is 0 Å². The lowest BCUT2D eigenvalue weighted by atomic mass is 10.1. The largest absolute Gasteiger partial charge is 0.459 e. The summed E-state index contributed by atoms with van der Waals surface area (Å²) in [5.41, 5.74) is 4.15. The molecule has 0 aliphatic rings. The summed E-state index contributed by atoms with van der Waals surface area (Å²) in [5, 5.41) is 13.2. The molecular weight excluding hydrogens is 396 g/mol. The van der Waals surface area contributed by atoms with Crippen LogP contribution in [0, 0.1) is 20.8 Å². The number of para-hydroxylation sites is 1. The average Bonchev–Trinajstić information content (AvgIpc) is 3.32. The first-order valence-corrected chi connectivity index (χ1v) is 10.8. The smallest absolute Gasteiger partial charge is 0.231 e. The minimum Gasteiger partial charge on any atom is -0.459 e. The van der Waals surface area contributed by atoms with Gasteiger partial charge >= 0.3 is 0 Å². The van der Waals surface area contributed by atoms with Gasteiger partial charge in [0.1, 0.15) is 17.2 Å². The molecule has 0 saturated carbocycles. The minimum absolute atomic E-state index is 0.0823. The fourth-order valence-electron chi connectivity index (χ4n) is 3.37. The molecule has 0 aliphatic heterocycles. The molecule has 1 unspecified atom stereocenters. The van der Waals surface area contributed by atoms with E-state index in [-0.39, 0.29) is 17.7 Å². The fraction of sp³-hybridized carbons (Fsp3) is 0.261. The highest BCUT2D eigenvalue weighted by atomic mass is 32.2. The standard InChI is InChI=1S/C23H24N4O2S/c1-14-9-10-15(2)19(11-14)27-17(4)25-26-23(27)30-13-22(28)24-16(3)21-12-18-7-5-6-8-20(18)29-21/h5-12,16H,13H2,1-4H3,(H,24,28). The lowest BCUT2D eigenvalue weighted by Gasteiger charge is -2.13. The molecule has 0 radical (unpaired) electrons. The SMILES string of the molecule is Cc1ccc(C)c(-n2c(C)nnc2SCC(=O)NC(C)c2cc3ccccc3o2)c1. The second-order valence-corrected chi connectivity index (χ2v) is 8.36. The molecule has 1 amide bonds. The molecule has 6 nitrogen and oxygen atoms in total. The van der Waals surface area contributed by atoms with Crippen LogP contribution >= 0.6 is 11.8 Å². The molecule has 0 fully saturated rings. The van der Waals surface area contributed by atoms with Gasteiger partial charge in [-0.3, -0.25) is 9.36 Å². The van der Waals surface area contributed by atoms with Crippen LogP contribution in [0.1, 0.15) is 35.7 Å². The van der Waals surface area contributed by atoms with E-state index >= 15 is 0 Å². The Morgan fingerprint density at radius 1 is 1.13 bits per heavy atom. The number of fused-ring (bicyclic) bond motifs is 1. The van der Waals surface area contributed by atoms with E-state index in [1.165, 1.54) is 11.8 Å². The molecule has 154 valence electrons. The molecule has 2 heterocycles. The first-order valence-electron chi connectivity index (χ1n) is 9.82. The van der Waals surface area contributed by atoms with Crippen molar-refractivity contribution in [2.24, 2.45) is 0 Å². The van der Waals surface area contributed by atoms with Crippen molar-refractivity contribution in [3.63, 3.8) is 0 Å². The van der Waals surface area contributed by atoms with Gasteiger partial charge in [-0.1, -0.05) is 42.1 Å². The number of aromatic nitrogens is 3. The van der Waals surface area contributed by atoms with E-state index in [2.05, 4.69) is 47.6 Å². The summed E-state index contributed by atoms with van der Waals surface area (Å²) in [7, 11) is 0. The predicted molar refractivity (Wildman–Crippen MR) is 119 cm³/mol. The Morgan fingerprint density at radius 2 is 1.93 bits per heavy atom. The van der Waals surface area contributed by atoms with E-state index in [1.54, 1.807) is 0 Å². The van der Waals surface area contributed by atoms with Gasteiger partial charge in [-0.05, 0) is 57.0 Å². The van der Waals surface area contributed by atoms with E-state index in [4.69, 9.17) is 4.42 Å². The van der Waals surface area contributed by atoms with Crippen LogP contribution in [0.4, 0.5) is 0 Å². The summed E-state index contributed by atoms with van der Waals surface area (Å²) in [4.78, 5) is 12.6. The zero-order valence-corrected chi connectivity index (χ0v) is 18.3. The van der Waals surface area contributed by atoms with E-state index in [0.29, 0.717) is 5.16 Å². The normalized spacial score (nSPS) is 12.3. The van der Waals surface area contributed by atoms with Crippen molar-refractivity contribution in [1.82, 2.24) is 20.1 Å². The molecule has 2 aromatic carbocycles. The number of amides is 1. The van der Waals surface area contributed by atoms with Crippen LogP contribution in [-0.2, 0) is 4.79 Å². The average molecular weight is 421 g/mol. The number of hydrogen-bond donors (Lipinski definition) is 1. The number of rotatable bonds is 6. The van der Waals surface area contributed by atoms with E-state index in [0.717, 1.165) is 39.4 Å². The zero-order chi connectivity index (χ0) is 21.3. The molecular formula is C23H24N4O2S. The molecule has 0 spiro atoms. The second-order valence-electron chi connectivity index (χ2n) is 7.42. The summed E-state index contributed by atoms with van der Waals surface area (Å²) in [6.07, 6.45) is 0. The van der Waals surface area contributed by atoms with Crippen molar-refractivity contribution in [2.75, 3.05) is 5.75 Å². The lowest BCUT2D eigenvalue weighted by molar-refractivity contribution is -0.119. The van der Waals surface area contributed by atoms with Crippen molar-refractivity contribution in [3.05, 3.63) is 71.2 Å². The van der Waals surface area contributed by atoms with Gasteiger partial charge in [0.2, 0.25) is 5.91 Å². The quantitative estimate of drug-likeness (QED) is 0.449. The van der Waals surface area contributed by atoms with Gasteiger partial charge in [-0.25, -0.2) is 0 Å². The number of thioether (sulfide) groups is 1. The molecule has 1 N–H and O–H groups in total. The van der Waals surface area contributed by atoms with Crippen LogP contribution in [0.2, 0.25) is 0 Å². The molecule has 4 rings (SSSR count). The number of hydrogen-bond acceptors (Lipinski definition) is 5. The van der Waals surface area contributed by atoms with Crippen molar-refractivity contribution in [2.45, 2.75) is 38.9 Å². The predicted octanol–water partition coefficient (Wildman–Crippen LogP) is 4.91. The number of nitrogens with one attached hydrogen (secondary N) is 1. The second kappa shape index (κ2) is 8.36. The Bertz CT molecular complexity index is 1180. The number of aryl methyl sites for hydroxylation is 3. The molecule has 2 aromatic heterocycles. The van der Waals surface area contributed by atoms with Gasteiger partial charge < -0.3 is 9.73 Å². The fourth-order valence-corrected chi connectivity index (χ4v) is 4.18. The van der Waals surface area contributed by atoms with Gasteiger partial charge in [0, 0.05) is 5.39 Å². The number of nitrogens with zero attached hydrogens (tertiary/aromatic N) is 3. The molecule has 30 heavy (non-hydrogen) atoms. The summed E-state index contributed by atoms with van der Waals surface area (Å²) in [5.74, 6) is 1.69.